The average Bonchev–Trinajstić information content (AvgIpc) is 3.45. The Morgan fingerprint density at radius 1 is 1.24 bits per heavy atom. The Labute approximate surface area is 196 Å². The summed E-state index contributed by atoms with van der Waals surface area (Å²) in [7, 11) is 0. The zero-order valence-corrected chi connectivity index (χ0v) is 19.2. The summed E-state index contributed by atoms with van der Waals surface area (Å²) < 4.78 is 52.8. The van der Waals surface area contributed by atoms with Crippen molar-refractivity contribution >= 4 is 27.5 Å². The van der Waals surface area contributed by atoms with Crippen molar-refractivity contribution in [1.82, 2.24) is 19.5 Å². The molecule has 2 saturated heterocycles. The number of carbonyl (C=O) groups is 1. The molecule has 11 heteroatoms. The molecular formula is C22H22BrF3N4O3. The standard InChI is InChI=1S/C22H22BrF3N4O3/c23-18-19(21(31)33-12-13-5-3-9-29-8-2-1-6-15(13)29)28-30-17(22(24,25)26)11-14(27-20(18)30)16-7-4-10-32-16/h4,7,10-11,13,15H,1-3,5-6,8-9,12H2/t13-,15-/m1/s1. The summed E-state index contributed by atoms with van der Waals surface area (Å²) in [4.78, 5) is 19.5. The van der Waals surface area contributed by atoms with Gasteiger partial charge in [0.1, 0.15) is 5.69 Å². The maximum absolute atomic E-state index is 13.8. The lowest BCUT2D eigenvalue weighted by Crippen LogP contribution is -2.49. The van der Waals surface area contributed by atoms with Crippen LogP contribution in [0.4, 0.5) is 13.2 Å². The van der Waals surface area contributed by atoms with Gasteiger partial charge in [0.15, 0.2) is 22.8 Å². The average molecular weight is 527 g/mol. The third kappa shape index (κ3) is 4.28. The first kappa shape index (κ1) is 22.4. The molecule has 3 aromatic heterocycles. The molecule has 0 bridgehead atoms. The third-order valence-electron chi connectivity index (χ3n) is 6.45. The Morgan fingerprint density at radius 2 is 2.06 bits per heavy atom. The van der Waals surface area contributed by atoms with Gasteiger partial charge >= 0.3 is 12.1 Å². The fourth-order valence-corrected chi connectivity index (χ4v) is 5.39. The number of hydrogen-bond donors (Lipinski definition) is 0. The summed E-state index contributed by atoms with van der Waals surface area (Å²) >= 11 is 3.22. The van der Waals surface area contributed by atoms with E-state index in [4.69, 9.17) is 9.15 Å². The molecule has 33 heavy (non-hydrogen) atoms. The molecule has 5 rings (SSSR count). The summed E-state index contributed by atoms with van der Waals surface area (Å²) in [6.07, 6.45) is 2.06. The zero-order valence-electron chi connectivity index (χ0n) is 17.6. The Bertz CT molecular complexity index is 1160. The summed E-state index contributed by atoms with van der Waals surface area (Å²) in [6.45, 7) is 2.35. The van der Waals surface area contributed by atoms with E-state index >= 15 is 0 Å². The number of esters is 1. The Kier molecular flexibility index (Phi) is 5.94. The lowest BCUT2D eigenvalue weighted by molar-refractivity contribution is -0.142. The van der Waals surface area contributed by atoms with Crippen LogP contribution in [0.15, 0.2) is 33.4 Å². The largest absolute Gasteiger partial charge is 0.463 e. The second kappa shape index (κ2) is 8.75. The summed E-state index contributed by atoms with van der Waals surface area (Å²) in [5, 5.41) is 3.92. The zero-order chi connectivity index (χ0) is 23.2. The van der Waals surface area contributed by atoms with Crippen molar-refractivity contribution in [2.75, 3.05) is 19.7 Å². The SMILES string of the molecule is O=C(OC[C@H]1CCCN2CCCC[C@H]12)c1nn2c(C(F)(F)F)cc(-c3ccco3)nc2c1Br. The third-order valence-corrected chi connectivity index (χ3v) is 7.18. The number of piperidine rings is 2. The first-order chi connectivity index (χ1) is 15.8. The number of fused-ring (bicyclic) bond motifs is 2. The minimum Gasteiger partial charge on any atom is -0.463 e. The van der Waals surface area contributed by atoms with Crippen molar-refractivity contribution in [3.8, 4) is 11.5 Å². The molecule has 0 saturated carbocycles. The van der Waals surface area contributed by atoms with Gasteiger partial charge in [-0.05, 0) is 72.9 Å². The second-order valence-corrected chi connectivity index (χ2v) is 9.29. The molecule has 3 aromatic rings. The van der Waals surface area contributed by atoms with E-state index in [0.29, 0.717) is 10.6 Å². The fourth-order valence-electron chi connectivity index (χ4n) is 4.90. The van der Waals surface area contributed by atoms with E-state index in [1.54, 1.807) is 6.07 Å². The molecule has 0 amide bonds. The number of nitrogens with zero attached hydrogens (tertiary/aromatic N) is 4. The van der Waals surface area contributed by atoms with Crippen LogP contribution >= 0.6 is 15.9 Å². The van der Waals surface area contributed by atoms with E-state index in [-0.39, 0.29) is 39.8 Å². The first-order valence-electron chi connectivity index (χ1n) is 10.9. The molecule has 176 valence electrons. The van der Waals surface area contributed by atoms with Gasteiger partial charge in [-0.3, -0.25) is 4.90 Å². The minimum absolute atomic E-state index is 0.0139. The fraction of sp³-hybridized carbons (Fsp3) is 0.500. The number of carbonyl (C=O) groups excluding carboxylic acids is 1. The molecule has 5 heterocycles. The summed E-state index contributed by atoms with van der Waals surface area (Å²) in [5.41, 5.74) is -1.45. The van der Waals surface area contributed by atoms with Crippen LogP contribution in [-0.2, 0) is 10.9 Å². The molecule has 7 nitrogen and oxygen atoms in total. The Hall–Kier alpha value is -2.40. The molecule has 0 unspecified atom stereocenters. The highest BCUT2D eigenvalue weighted by atomic mass is 79.9. The van der Waals surface area contributed by atoms with Crippen molar-refractivity contribution in [2.45, 2.75) is 44.3 Å². The van der Waals surface area contributed by atoms with Gasteiger partial charge in [-0.15, -0.1) is 0 Å². The normalized spacial score (nSPS) is 21.8. The van der Waals surface area contributed by atoms with Gasteiger partial charge in [-0.2, -0.15) is 18.3 Å². The second-order valence-electron chi connectivity index (χ2n) is 8.50. The maximum atomic E-state index is 13.8. The summed E-state index contributed by atoms with van der Waals surface area (Å²) in [5.74, 6) is -0.379. The van der Waals surface area contributed by atoms with Crippen LogP contribution in [0.25, 0.3) is 17.1 Å². The molecule has 0 aliphatic carbocycles. The summed E-state index contributed by atoms with van der Waals surface area (Å²) in [6, 6.07) is 4.30. The van der Waals surface area contributed by atoms with Crippen molar-refractivity contribution < 1.29 is 27.1 Å². The van der Waals surface area contributed by atoms with Crippen molar-refractivity contribution in [2.24, 2.45) is 5.92 Å². The van der Waals surface area contributed by atoms with Gasteiger partial charge in [0.2, 0.25) is 0 Å². The highest BCUT2D eigenvalue weighted by molar-refractivity contribution is 9.10. The van der Waals surface area contributed by atoms with E-state index in [2.05, 4.69) is 30.9 Å². The highest BCUT2D eigenvalue weighted by Crippen LogP contribution is 2.35. The number of furan rings is 1. The van der Waals surface area contributed by atoms with Crippen molar-refractivity contribution in [3.05, 3.63) is 40.3 Å². The topological polar surface area (TPSA) is 72.9 Å². The van der Waals surface area contributed by atoms with E-state index in [1.807, 2.05) is 0 Å². The number of rotatable bonds is 4. The smallest absolute Gasteiger partial charge is 0.433 e. The molecule has 2 aliphatic rings. The lowest BCUT2D eigenvalue weighted by atomic mass is 9.84. The van der Waals surface area contributed by atoms with E-state index in [9.17, 15) is 18.0 Å². The maximum Gasteiger partial charge on any atom is 0.433 e. The molecule has 2 fully saturated rings. The van der Waals surface area contributed by atoms with Gasteiger partial charge in [-0.1, -0.05) is 6.42 Å². The minimum atomic E-state index is -4.72. The highest BCUT2D eigenvalue weighted by Gasteiger charge is 2.38. The number of ether oxygens (including phenoxy) is 1. The Morgan fingerprint density at radius 3 is 2.82 bits per heavy atom. The van der Waals surface area contributed by atoms with Crippen LogP contribution in [-0.4, -0.2) is 51.2 Å². The van der Waals surface area contributed by atoms with E-state index in [0.717, 1.165) is 44.8 Å². The number of alkyl halides is 3. The van der Waals surface area contributed by atoms with Crippen LogP contribution in [0, 0.1) is 5.92 Å². The van der Waals surface area contributed by atoms with Gasteiger partial charge in [-0.25, -0.2) is 14.3 Å². The molecular weight excluding hydrogens is 505 g/mol. The van der Waals surface area contributed by atoms with Crippen molar-refractivity contribution in [3.63, 3.8) is 0 Å². The van der Waals surface area contributed by atoms with Crippen LogP contribution in [0.3, 0.4) is 0 Å². The monoisotopic (exact) mass is 526 g/mol. The van der Waals surface area contributed by atoms with Gasteiger partial charge in [0, 0.05) is 12.0 Å². The number of hydrogen-bond acceptors (Lipinski definition) is 6. The van der Waals surface area contributed by atoms with Gasteiger partial charge in [0.05, 0.1) is 17.3 Å². The van der Waals surface area contributed by atoms with Gasteiger partial charge < -0.3 is 9.15 Å². The number of aromatic nitrogens is 3. The van der Waals surface area contributed by atoms with Crippen molar-refractivity contribution in [1.29, 1.82) is 0 Å². The molecule has 2 atom stereocenters. The number of halogens is 4. The Balaban J connectivity index is 1.43. The van der Waals surface area contributed by atoms with Crippen LogP contribution in [0.2, 0.25) is 0 Å². The lowest BCUT2D eigenvalue weighted by Gasteiger charge is -2.44. The quantitative estimate of drug-likeness (QED) is 0.435. The van der Waals surface area contributed by atoms with Gasteiger partial charge in [0.25, 0.3) is 0 Å². The molecule has 0 spiro atoms. The molecule has 2 aliphatic heterocycles. The van der Waals surface area contributed by atoms with Crippen LogP contribution in [0.5, 0.6) is 0 Å². The predicted molar refractivity (Wildman–Crippen MR) is 116 cm³/mol. The molecule has 0 N–H and O–H groups in total. The van der Waals surface area contributed by atoms with Crippen LogP contribution < -0.4 is 0 Å². The van der Waals surface area contributed by atoms with E-state index < -0.39 is 17.8 Å². The molecule has 0 aromatic carbocycles. The predicted octanol–water partition coefficient (Wildman–Crippen LogP) is 5.19. The first-order valence-corrected chi connectivity index (χ1v) is 11.7. The van der Waals surface area contributed by atoms with Crippen LogP contribution in [0.1, 0.15) is 48.3 Å². The van der Waals surface area contributed by atoms with E-state index in [1.165, 1.54) is 18.8 Å². The molecule has 0 radical (unpaired) electrons.